The Hall–Kier alpha value is -2.41. The van der Waals surface area contributed by atoms with Gasteiger partial charge in [-0.15, -0.1) is 0 Å². The van der Waals surface area contributed by atoms with Crippen LogP contribution in [0.3, 0.4) is 0 Å². The van der Waals surface area contributed by atoms with Gasteiger partial charge >= 0.3 is 6.18 Å². The van der Waals surface area contributed by atoms with E-state index in [2.05, 4.69) is 22.7 Å². The Kier molecular flexibility index (Phi) is 4.77. The summed E-state index contributed by atoms with van der Waals surface area (Å²) in [6.45, 7) is 0. The van der Waals surface area contributed by atoms with Gasteiger partial charge in [-0.05, 0) is 35.5 Å². The van der Waals surface area contributed by atoms with Gasteiger partial charge in [-0.2, -0.15) is 18.3 Å². The first-order chi connectivity index (χ1) is 10.4. The molecule has 3 N–H and O–H groups in total. The van der Waals surface area contributed by atoms with E-state index in [1.54, 1.807) is 24.3 Å². The molecule has 0 unspecified atom stereocenters. The van der Waals surface area contributed by atoms with Crippen molar-refractivity contribution in [3.63, 3.8) is 0 Å². The summed E-state index contributed by atoms with van der Waals surface area (Å²) in [6.07, 6.45) is -2.84. The van der Waals surface area contributed by atoms with Crippen LogP contribution in [0.1, 0.15) is 11.1 Å². The Morgan fingerprint density at radius 2 is 1.73 bits per heavy atom. The zero-order valence-corrected chi connectivity index (χ0v) is 12.1. The zero-order chi connectivity index (χ0) is 16.2. The molecule has 0 saturated carbocycles. The molecular weight excluding hydrogens is 311 g/mol. The minimum atomic E-state index is -4.35. The van der Waals surface area contributed by atoms with E-state index in [0.29, 0.717) is 5.56 Å². The van der Waals surface area contributed by atoms with Crippen molar-refractivity contribution in [1.82, 2.24) is 5.43 Å². The third-order valence-electron chi connectivity index (χ3n) is 2.86. The molecule has 0 aliphatic carbocycles. The number of hydrazone groups is 1. The standard InChI is InChI=1S/C15H12F3N3S/c16-15(17,18)12-7-5-10(6-8-12)13-4-2-1-3-11(13)9-20-21-14(19)22/h1-9H,(H3,19,21,22). The molecule has 7 heteroatoms. The highest BCUT2D eigenvalue weighted by atomic mass is 32.1. The van der Waals surface area contributed by atoms with Crippen LogP contribution in [0.2, 0.25) is 0 Å². The smallest absolute Gasteiger partial charge is 0.375 e. The first kappa shape index (κ1) is 16.0. The molecular formula is C15H12F3N3S. The van der Waals surface area contributed by atoms with Gasteiger partial charge in [0.2, 0.25) is 0 Å². The first-order valence-corrected chi connectivity index (χ1v) is 6.64. The summed E-state index contributed by atoms with van der Waals surface area (Å²) >= 11 is 4.63. The second kappa shape index (κ2) is 6.57. The average molecular weight is 323 g/mol. The molecule has 0 atom stereocenters. The highest BCUT2D eigenvalue weighted by Gasteiger charge is 2.29. The van der Waals surface area contributed by atoms with Crippen molar-refractivity contribution >= 4 is 23.5 Å². The Labute approximate surface area is 130 Å². The number of nitrogens with one attached hydrogen (secondary N) is 1. The lowest BCUT2D eigenvalue weighted by molar-refractivity contribution is -0.137. The minimum Gasteiger partial charge on any atom is -0.375 e. The van der Waals surface area contributed by atoms with Crippen LogP contribution in [0.5, 0.6) is 0 Å². The lowest BCUT2D eigenvalue weighted by atomic mass is 9.99. The van der Waals surface area contributed by atoms with E-state index in [0.717, 1.165) is 23.3 Å². The molecule has 2 aromatic carbocycles. The SMILES string of the molecule is NC(=S)NN=Cc1ccccc1-c1ccc(C(F)(F)F)cc1. The van der Waals surface area contributed by atoms with E-state index in [1.165, 1.54) is 18.3 Å². The fraction of sp³-hybridized carbons (Fsp3) is 0.0667. The van der Waals surface area contributed by atoms with Gasteiger partial charge in [0.1, 0.15) is 0 Å². The maximum absolute atomic E-state index is 12.6. The summed E-state index contributed by atoms with van der Waals surface area (Å²) in [4.78, 5) is 0. The average Bonchev–Trinajstić information content (AvgIpc) is 2.47. The normalized spacial score (nSPS) is 11.6. The summed E-state index contributed by atoms with van der Waals surface area (Å²) in [5.41, 5.74) is 9.15. The Balaban J connectivity index is 2.33. The number of hydrogen-bond donors (Lipinski definition) is 2. The van der Waals surface area contributed by atoms with Gasteiger partial charge in [0.15, 0.2) is 5.11 Å². The van der Waals surface area contributed by atoms with Crippen molar-refractivity contribution in [2.75, 3.05) is 0 Å². The van der Waals surface area contributed by atoms with Crippen molar-refractivity contribution < 1.29 is 13.2 Å². The van der Waals surface area contributed by atoms with Crippen LogP contribution in [0.25, 0.3) is 11.1 Å². The minimum absolute atomic E-state index is 0.0308. The maximum Gasteiger partial charge on any atom is 0.416 e. The second-order valence-corrected chi connectivity index (χ2v) is 4.84. The van der Waals surface area contributed by atoms with E-state index >= 15 is 0 Å². The summed E-state index contributed by atoms with van der Waals surface area (Å²) < 4.78 is 37.8. The van der Waals surface area contributed by atoms with Crippen molar-refractivity contribution in [3.05, 3.63) is 59.7 Å². The van der Waals surface area contributed by atoms with Gasteiger partial charge in [-0.1, -0.05) is 36.4 Å². The number of rotatable bonds is 3. The molecule has 0 spiro atoms. The number of halogens is 3. The fourth-order valence-corrected chi connectivity index (χ4v) is 1.93. The number of nitrogens with zero attached hydrogens (tertiary/aromatic N) is 1. The second-order valence-electron chi connectivity index (χ2n) is 4.40. The molecule has 114 valence electrons. The van der Waals surface area contributed by atoms with Crippen LogP contribution in [-0.4, -0.2) is 11.3 Å². The summed E-state index contributed by atoms with van der Waals surface area (Å²) in [5.74, 6) is 0. The summed E-state index contributed by atoms with van der Waals surface area (Å²) in [7, 11) is 0. The highest BCUT2D eigenvalue weighted by Crippen LogP contribution is 2.31. The van der Waals surface area contributed by atoms with E-state index < -0.39 is 11.7 Å². The molecule has 2 aromatic rings. The number of nitrogens with two attached hydrogens (primary N) is 1. The van der Waals surface area contributed by atoms with Crippen LogP contribution in [0, 0.1) is 0 Å². The summed E-state index contributed by atoms with van der Waals surface area (Å²) in [6, 6.07) is 12.1. The van der Waals surface area contributed by atoms with Crippen molar-refractivity contribution in [1.29, 1.82) is 0 Å². The van der Waals surface area contributed by atoms with E-state index in [4.69, 9.17) is 5.73 Å². The number of benzene rings is 2. The quantitative estimate of drug-likeness (QED) is 0.516. The van der Waals surface area contributed by atoms with E-state index in [1.807, 2.05) is 0 Å². The first-order valence-electron chi connectivity index (χ1n) is 6.23. The van der Waals surface area contributed by atoms with Crippen molar-refractivity contribution in [3.8, 4) is 11.1 Å². The third kappa shape index (κ3) is 4.05. The molecule has 0 aliphatic rings. The Bertz CT molecular complexity index is 694. The van der Waals surface area contributed by atoms with Gasteiger partial charge in [-0.3, -0.25) is 5.43 Å². The molecule has 0 fully saturated rings. The van der Waals surface area contributed by atoms with Gasteiger partial charge in [0, 0.05) is 5.56 Å². The zero-order valence-electron chi connectivity index (χ0n) is 11.3. The molecule has 0 saturated heterocycles. The Morgan fingerprint density at radius 3 is 2.32 bits per heavy atom. The van der Waals surface area contributed by atoms with Crippen molar-refractivity contribution in [2.45, 2.75) is 6.18 Å². The molecule has 0 bridgehead atoms. The van der Waals surface area contributed by atoms with Gasteiger partial charge in [-0.25, -0.2) is 0 Å². The largest absolute Gasteiger partial charge is 0.416 e. The molecule has 0 amide bonds. The van der Waals surface area contributed by atoms with Gasteiger partial charge in [0.05, 0.1) is 11.8 Å². The van der Waals surface area contributed by atoms with Crippen LogP contribution >= 0.6 is 12.2 Å². The number of hydrogen-bond acceptors (Lipinski definition) is 2. The van der Waals surface area contributed by atoms with Crippen LogP contribution < -0.4 is 11.2 Å². The molecule has 0 radical (unpaired) electrons. The molecule has 0 aromatic heterocycles. The summed E-state index contributed by atoms with van der Waals surface area (Å²) in [5, 5.41) is 3.89. The van der Waals surface area contributed by atoms with Crippen molar-refractivity contribution in [2.24, 2.45) is 10.8 Å². The molecule has 22 heavy (non-hydrogen) atoms. The lowest BCUT2D eigenvalue weighted by Crippen LogP contribution is -2.24. The third-order valence-corrected chi connectivity index (χ3v) is 2.95. The fourth-order valence-electron chi connectivity index (χ4n) is 1.88. The van der Waals surface area contributed by atoms with Crippen LogP contribution in [-0.2, 0) is 6.18 Å². The predicted molar refractivity (Wildman–Crippen MR) is 84.4 cm³/mol. The van der Waals surface area contributed by atoms with Gasteiger partial charge in [0.25, 0.3) is 0 Å². The monoisotopic (exact) mass is 323 g/mol. The molecule has 0 aliphatic heterocycles. The van der Waals surface area contributed by atoms with E-state index in [9.17, 15) is 13.2 Å². The topological polar surface area (TPSA) is 50.4 Å². The molecule has 2 rings (SSSR count). The molecule has 3 nitrogen and oxygen atoms in total. The maximum atomic E-state index is 12.6. The lowest BCUT2D eigenvalue weighted by Gasteiger charge is -2.09. The number of thiocarbonyl (C=S) groups is 1. The number of alkyl halides is 3. The van der Waals surface area contributed by atoms with Crippen LogP contribution in [0.15, 0.2) is 53.6 Å². The van der Waals surface area contributed by atoms with Crippen LogP contribution in [0.4, 0.5) is 13.2 Å². The predicted octanol–water partition coefficient (Wildman–Crippen LogP) is 3.54. The van der Waals surface area contributed by atoms with E-state index in [-0.39, 0.29) is 5.11 Å². The van der Waals surface area contributed by atoms with Gasteiger partial charge < -0.3 is 5.73 Å². The molecule has 0 heterocycles. The Morgan fingerprint density at radius 1 is 1.09 bits per heavy atom. The highest BCUT2D eigenvalue weighted by molar-refractivity contribution is 7.80.